The summed E-state index contributed by atoms with van der Waals surface area (Å²) in [6.45, 7) is 3.82. The third-order valence-electron chi connectivity index (χ3n) is 3.69. The molecule has 1 aliphatic rings. The lowest BCUT2D eigenvalue weighted by molar-refractivity contribution is -0.130. The lowest BCUT2D eigenvalue weighted by Crippen LogP contribution is -2.47. The normalized spacial score (nSPS) is 16.6. The maximum atomic E-state index is 11.6. The van der Waals surface area contributed by atoms with Crippen molar-refractivity contribution in [1.29, 1.82) is 0 Å². The van der Waals surface area contributed by atoms with E-state index in [-0.39, 0.29) is 11.9 Å². The number of piperidine rings is 1. The molecule has 3 amide bonds. The van der Waals surface area contributed by atoms with Crippen LogP contribution in [0.3, 0.4) is 0 Å². The molecule has 1 fully saturated rings. The molecule has 1 aliphatic heterocycles. The first-order chi connectivity index (χ1) is 9.90. The van der Waals surface area contributed by atoms with E-state index in [9.17, 15) is 9.59 Å². The fraction of sp³-hybridized carbons (Fsp3) is 0.857. The minimum Gasteiger partial charge on any atom is -0.348 e. The molecule has 0 aromatic heterocycles. The van der Waals surface area contributed by atoms with Crippen molar-refractivity contribution in [2.75, 3.05) is 60.9 Å². The largest absolute Gasteiger partial charge is 0.348 e. The Morgan fingerprint density at radius 2 is 1.67 bits per heavy atom. The number of nitrogens with zero attached hydrogens (tertiary/aromatic N) is 3. The van der Waals surface area contributed by atoms with Gasteiger partial charge in [-0.2, -0.15) is 0 Å². The molecule has 7 heteroatoms. The van der Waals surface area contributed by atoms with Crippen molar-refractivity contribution in [3.05, 3.63) is 0 Å². The Morgan fingerprint density at radius 3 is 2.19 bits per heavy atom. The number of urea groups is 1. The van der Waals surface area contributed by atoms with E-state index in [1.54, 1.807) is 33.1 Å². The van der Waals surface area contributed by atoms with Crippen LogP contribution in [0.2, 0.25) is 0 Å². The van der Waals surface area contributed by atoms with E-state index < -0.39 is 0 Å². The predicted molar refractivity (Wildman–Crippen MR) is 83.2 cm³/mol. The van der Waals surface area contributed by atoms with Crippen molar-refractivity contribution in [2.45, 2.75) is 18.9 Å². The van der Waals surface area contributed by atoms with E-state index in [0.717, 1.165) is 32.5 Å². The summed E-state index contributed by atoms with van der Waals surface area (Å²) in [7, 11) is 7.04. The monoisotopic (exact) mass is 299 g/mol. The van der Waals surface area contributed by atoms with Crippen LogP contribution in [0.1, 0.15) is 12.8 Å². The molecule has 0 radical (unpaired) electrons. The average Bonchev–Trinajstić information content (AvgIpc) is 2.44. The zero-order valence-electron chi connectivity index (χ0n) is 13.7. The summed E-state index contributed by atoms with van der Waals surface area (Å²) in [6, 6.07) is 0.417. The zero-order valence-corrected chi connectivity index (χ0v) is 13.7. The van der Waals surface area contributed by atoms with Crippen LogP contribution in [-0.2, 0) is 4.79 Å². The highest BCUT2D eigenvalue weighted by Crippen LogP contribution is 2.09. The van der Waals surface area contributed by atoms with Crippen molar-refractivity contribution in [3.8, 4) is 0 Å². The van der Waals surface area contributed by atoms with Crippen molar-refractivity contribution in [3.63, 3.8) is 0 Å². The third kappa shape index (κ3) is 6.77. The van der Waals surface area contributed by atoms with Gasteiger partial charge in [0, 0.05) is 60.4 Å². The van der Waals surface area contributed by atoms with Gasteiger partial charge in [-0.05, 0) is 12.8 Å². The number of rotatable bonds is 6. The summed E-state index contributed by atoms with van der Waals surface area (Å²) in [5.74, 6) is 0.160. The van der Waals surface area contributed by atoms with E-state index in [1.165, 1.54) is 4.90 Å². The minimum atomic E-state index is -0.0613. The highest BCUT2D eigenvalue weighted by molar-refractivity contribution is 5.77. The number of nitrogens with one attached hydrogen (secondary N) is 2. The van der Waals surface area contributed by atoms with Crippen molar-refractivity contribution < 1.29 is 9.59 Å². The van der Waals surface area contributed by atoms with E-state index >= 15 is 0 Å². The Bertz CT molecular complexity index is 336. The molecular formula is C14H29N5O2. The molecule has 0 aromatic carbocycles. The van der Waals surface area contributed by atoms with E-state index in [4.69, 9.17) is 0 Å². The molecule has 1 heterocycles. The van der Waals surface area contributed by atoms with Crippen LogP contribution in [0.15, 0.2) is 0 Å². The maximum Gasteiger partial charge on any atom is 0.316 e. The van der Waals surface area contributed by atoms with Gasteiger partial charge >= 0.3 is 6.03 Å². The molecule has 21 heavy (non-hydrogen) atoms. The van der Waals surface area contributed by atoms with Gasteiger partial charge in [0.25, 0.3) is 0 Å². The van der Waals surface area contributed by atoms with Crippen LogP contribution in [0.4, 0.5) is 4.79 Å². The summed E-state index contributed by atoms with van der Waals surface area (Å²) in [5, 5.41) is 6.29. The van der Waals surface area contributed by atoms with Crippen LogP contribution in [0, 0.1) is 0 Å². The lowest BCUT2D eigenvalue weighted by Gasteiger charge is -2.32. The molecule has 0 atom stereocenters. The van der Waals surface area contributed by atoms with Crippen LogP contribution < -0.4 is 10.6 Å². The van der Waals surface area contributed by atoms with E-state index in [2.05, 4.69) is 15.5 Å². The van der Waals surface area contributed by atoms with Crippen LogP contribution >= 0.6 is 0 Å². The van der Waals surface area contributed by atoms with Gasteiger partial charge in [-0.25, -0.2) is 4.79 Å². The molecular weight excluding hydrogens is 270 g/mol. The second-order valence-electron chi connectivity index (χ2n) is 5.92. The summed E-state index contributed by atoms with van der Waals surface area (Å²) in [6.07, 6.45) is 2.09. The predicted octanol–water partition coefficient (Wildman–Crippen LogP) is -0.600. The first-order valence-corrected chi connectivity index (χ1v) is 7.51. The van der Waals surface area contributed by atoms with Crippen LogP contribution in [0.25, 0.3) is 0 Å². The number of likely N-dealkylation sites (tertiary alicyclic amines) is 1. The molecule has 0 aliphatic carbocycles. The second kappa shape index (κ2) is 8.84. The fourth-order valence-electron chi connectivity index (χ4n) is 2.23. The van der Waals surface area contributed by atoms with Crippen molar-refractivity contribution in [1.82, 2.24) is 25.3 Å². The van der Waals surface area contributed by atoms with Gasteiger partial charge < -0.3 is 20.4 Å². The number of carbonyl (C=O) groups is 2. The van der Waals surface area contributed by atoms with Crippen LogP contribution in [-0.4, -0.2) is 93.6 Å². The third-order valence-corrected chi connectivity index (χ3v) is 3.69. The molecule has 2 N–H and O–H groups in total. The topological polar surface area (TPSA) is 67.9 Å². The smallest absolute Gasteiger partial charge is 0.316 e. The highest BCUT2D eigenvalue weighted by Gasteiger charge is 2.20. The first kappa shape index (κ1) is 17.7. The van der Waals surface area contributed by atoms with Gasteiger partial charge in [0.2, 0.25) is 5.91 Å². The first-order valence-electron chi connectivity index (χ1n) is 7.51. The molecule has 0 unspecified atom stereocenters. The molecule has 1 rings (SSSR count). The standard InChI is InChI=1S/C14H29N5O2/c1-17(2)13(20)11-19-9-5-12(6-10-19)15-7-8-16-14(21)18(3)4/h12,15H,5-11H2,1-4H3,(H,16,21). The van der Waals surface area contributed by atoms with Gasteiger partial charge in [-0.1, -0.05) is 0 Å². The van der Waals surface area contributed by atoms with E-state index in [1.807, 2.05) is 0 Å². The Labute approximate surface area is 127 Å². The molecule has 122 valence electrons. The minimum absolute atomic E-state index is 0.0613. The van der Waals surface area contributed by atoms with Crippen LogP contribution in [0.5, 0.6) is 0 Å². The van der Waals surface area contributed by atoms with Gasteiger partial charge in [-0.3, -0.25) is 9.69 Å². The SMILES string of the molecule is CN(C)C(=O)CN1CCC(NCCNC(=O)N(C)C)CC1. The lowest BCUT2D eigenvalue weighted by atomic mass is 10.1. The number of likely N-dealkylation sites (N-methyl/N-ethyl adjacent to an activating group) is 1. The van der Waals surface area contributed by atoms with Crippen molar-refractivity contribution >= 4 is 11.9 Å². The van der Waals surface area contributed by atoms with Gasteiger partial charge in [-0.15, -0.1) is 0 Å². The molecule has 1 saturated heterocycles. The van der Waals surface area contributed by atoms with Gasteiger partial charge in [0.1, 0.15) is 0 Å². The maximum absolute atomic E-state index is 11.6. The quantitative estimate of drug-likeness (QED) is 0.643. The molecule has 0 aromatic rings. The second-order valence-corrected chi connectivity index (χ2v) is 5.92. The Hall–Kier alpha value is -1.34. The molecule has 7 nitrogen and oxygen atoms in total. The number of hydrogen-bond acceptors (Lipinski definition) is 4. The summed E-state index contributed by atoms with van der Waals surface area (Å²) >= 11 is 0. The molecule has 0 bridgehead atoms. The van der Waals surface area contributed by atoms with E-state index in [0.29, 0.717) is 19.1 Å². The van der Waals surface area contributed by atoms with Crippen molar-refractivity contribution in [2.24, 2.45) is 0 Å². The average molecular weight is 299 g/mol. The summed E-state index contributed by atoms with van der Waals surface area (Å²) in [5.41, 5.74) is 0. The highest BCUT2D eigenvalue weighted by atomic mass is 16.2. The van der Waals surface area contributed by atoms with Gasteiger partial charge in [0.05, 0.1) is 6.54 Å². The number of amides is 3. The molecule has 0 saturated carbocycles. The molecule has 0 spiro atoms. The Balaban J connectivity index is 2.11. The summed E-state index contributed by atoms with van der Waals surface area (Å²) in [4.78, 5) is 28.4. The number of hydrogen-bond donors (Lipinski definition) is 2. The zero-order chi connectivity index (χ0) is 15.8. The number of carbonyl (C=O) groups excluding carboxylic acids is 2. The fourth-order valence-corrected chi connectivity index (χ4v) is 2.23. The van der Waals surface area contributed by atoms with Gasteiger partial charge in [0.15, 0.2) is 0 Å². The summed E-state index contributed by atoms with van der Waals surface area (Å²) < 4.78 is 0. The Morgan fingerprint density at radius 1 is 1.05 bits per heavy atom. The Kier molecular flexibility index (Phi) is 7.45.